The van der Waals surface area contributed by atoms with E-state index in [0.29, 0.717) is 22.6 Å². The van der Waals surface area contributed by atoms with Crippen molar-refractivity contribution in [3.8, 4) is 22.8 Å². The van der Waals surface area contributed by atoms with Gasteiger partial charge in [0.15, 0.2) is 0 Å². The summed E-state index contributed by atoms with van der Waals surface area (Å²) in [5.74, 6) is 0.402. The summed E-state index contributed by atoms with van der Waals surface area (Å²) in [6.07, 6.45) is 0. The van der Waals surface area contributed by atoms with Crippen LogP contribution in [0.25, 0.3) is 22.8 Å². The van der Waals surface area contributed by atoms with Gasteiger partial charge in [0.25, 0.3) is 5.89 Å². The first kappa shape index (κ1) is 16.8. The summed E-state index contributed by atoms with van der Waals surface area (Å²) in [5, 5.41) is 11.7. The second-order valence-corrected chi connectivity index (χ2v) is 6.82. The zero-order chi connectivity index (χ0) is 18.0. The monoisotopic (exact) mass is 358 g/mol. The fraction of sp³-hybridized carbons (Fsp3) is 0.0625. The van der Waals surface area contributed by atoms with Gasteiger partial charge >= 0.3 is 0 Å². The molecule has 0 aliphatic carbocycles. The predicted octanol–water partition coefficient (Wildman–Crippen LogP) is 2.01. The molecule has 0 fully saturated rings. The van der Waals surface area contributed by atoms with Crippen LogP contribution >= 0.6 is 0 Å². The number of carbonyl (C=O) groups excluding carboxylic acids is 1. The average Bonchev–Trinajstić information content (AvgIpc) is 3.04. The van der Waals surface area contributed by atoms with Crippen LogP contribution in [0.3, 0.4) is 0 Å². The van der Waals surface area contributed by atoms with Crippen LogP contribution in [-0.4, -0.2) is 24.5 Å². The molecule has 3 rings (SSSR count). The van der Waals surface area contributed by atoms with Crippen molar-refractivity contribution in [2.24, 2.45) is 5.14 Å². The van der Waals surface area contributed by atoms with Crippen molar-refractivity contribution in [2.75, 3.05) is 5.32 Å². The van der Waals surface area contributed by atoms with Gasteiger partial charge in [-0.3, -0.25) is 4.79 Å². The number of anilines is 1. The standard InChI is InChI=1S/C16H14N4O4S/c1-10(21)18-13-4-2-3-12(9-13)15-19-16(24-20-15)11-5-7-14(8-6-11)25(17,22)23/h2-9H,1H3,(H,18,21)(H2,17,22,23). The number of sulfonamides is 1. The van der Waals surface area contributed by atoms with E-state index in [2.05, 4.69) is 15.5 Å². The molecule has 1 amide bonds. The number of aromatic nitrogens is 2. The van der Waals surface area contributed by atoms with Crippen LogP contribution in [-0.2, 0) is 14.8 Å². The molecule has 0 aliphatic rings. The normalized spacial score (nSPS) is 11.3. The number of hydrogen-bond donors (Lipinski definition) is 2. The summed E-state index contributed by atoms with van der Waals surface area (Å²) >= 11 is 0. The Morgan fingerprint density at radius 3 is 2.48 bits per heavy atom. The van der Waals surface area contributed by atoms with Crippen molar-refractivity contribution in [1.29, 1.82) is 0 Å². The number of rotatable bonds is 4. The number of amides is 1. The molecule has 9 heteroatoms. The summed E-state index contributed by atoms with van der Waals surface area (Å²) in [5.41, 5.74) is 1.85. The van der Waals surface area contributed by atoms with Crippen molar-refractivity contribution >= 4 is 21.6 Å². The van der Waals surface area contributed by atoms with Crippen molar-refractivity contribution in [3.05, 3.63) is 48.5 Å². The minimum Gasteiger partial charge on any atom is -0.334 e. The van der Waals surface area contributed by atoms with E-state index >= 15 is 0 Å². The molecule has 0 radical (unpaired) electrons. The smallest absolute Gasteiger partial charge is 0.258 e. The lowest BCUT2D eigenvalue weighted by atomic mass is 10.2. The first-order valence-electron chi connectivity index (χ1n) is 7.18. The Kier molecular flexibility index (Phi) is 4.34. The molecule has 0 spiro atoms. The number of carbonyl (C=O) groups is 1. The predicted molar refractivity (Wildman–Crippen MR) is 90.8 cm³/mol. The lowest BCUT2D eigenvalue weighted by Gasteiger charge is -2.02. The summed E-state index contributed by atoms with van der Waals surface area (Å²) < 4.78 is 27.8. The highest BCUT2D eigenvalue weighted by molar-refractivity contribution is 7.89. The van der Waals surface area contributed by atoms with E-state index in [-0.39, 0.29) is 16.7 Å². The molecule has 128 valence electrons. The Hall–Kier alpha value is -3.04. The third-order valence-electron chi connectivity index (χ3n) is 3.30. The maximum atomic E-state index is 11.3. The van der Waals surface area contributed by atoms with Crippen molar-refractivity contribution < 1.29 is 17.7 Å². The van der Waals surface area contributed by atoms with Gasteiger partial charge in [-0.05, 0) is 36.4 Å². The van der Waals surface area contributed by atoms with Gasteiger partial charge < -0.3 is 9.84 Å². The van der Waals surface area contributed by atoms with Crippen LogP contribution in [0.2, 0.25) is 0 Å². The second-order valence-electron chi connectivity index (χ2n) is 5.25. The highest BCUT2D eigenvalue weighted by Gasteiger charge is 2.13. The number of hydrogen-bond acceptors (Lipinski definition) is 6. The van der Waals surface area contributed by atoms with Crippen LogP contribution < -0.4 is 10.5 Å². The summed E-state index contributed by atoms with van der Waals surface area (Å²) in [4.78, 5) is 15.4. The van der Waals surface area contributed by atoms with E-state index in [4.69, 9.17) is 9.66 Å². The SMILES string of the molecule is CC(=O)Nc1cccc(-c2noc(-c3ccc(S(N)(=O)=O)cc3)n2)c1. The van der Waals surface area contributed by atoms with Crippen LogP contribution in [0.15, 0.2) is 57.9 Å². The largest absolute Gasteiger partial charge is 0.334 e. The van der Waals surface area contributed by atoms with E-state index in [9.17, 15) is 13.2 Å². The molecule has 0 aliphatic heterocycles. The van der Waals surface area contributed by atoms with Gasteiger partial charge in [-0.25, -0.2) is 13.6 Å². The Morgan fingerprint density at radius 2 is 1.84 bits per heavy atom. The highest BCUT2D eigenvalue weighted by Crippen LogP contribution is 2.24. The molecule has 25 heavy (non-hydrogen) atoms. The molecule has 3 aromatic rings. The number of nitrogens with one attached hydrogen (secondary N) is 1. The second kappa shape index (κ2) is 6.46. The van der Waals surface area contributed by atoms with Gasteiger partial charge in [-0.1, -0.05) is 17.3 Å². The van der Waals surface area contributed by atoms with E-state index in [1.165, 1.54) is 31.2 Å². The molecule has 3 N–H and O–H groups in total. The van der Waals surface area contributed by atoms with Gasteiger partial charge in [0, 0.05) is 23.7 Å². The summed E-state index contributed by atoms with van der Waals surface area (Å²) in [7, 11) is -3.76. The summed E-state index contributed by atoms with van der Waals surface area (Å²) in [6.45, 7) is 1.42. The number of nitrogens with zero attached hydrogens (tertiary/aromatic N) is 2. The van der Waals surface area contributed by atoms with Crippen molar-refractivity contribution in [1.82, 2.24) is 10.1 Å². The molecule has 1 heterocycles. The van der Waals surface area contributed by atoms with Crippen LogP contribution in [0.1, 0.15) is 6.92 Å². The number of nitrogens with two attached hydrogens (primary N) is 1. The fourth-order valence-electron chi connectivity index (χ4n) is 2.18. The zero-order valence-corrected chi connectivity index (χ0v) is 13.9. The molecule has 0 bridgehead atoms. The third kappa shape index (κ3) is 3.90. The molecule has 1 aromatic heterocycles. The summed E-state index contributed by atoms with van der Waals surface area (Å²) in [6, 6.07) is 12.8. The topological polar surface area (TPSA) is 128 Å². The van der Waals surface area contributed by atoms with Gasteiger partial charge in [-0.2, -0.15) is 4.98 Å². The van der Waals surface area contributed by atoms with Crippen molar-refractivity contribution in [2.45, 2.75) is 11.8 Å². The minimum absolute atomic E-state index is 0.000929. The maximum Gasteiger partial charge on any atom is 0.258 e. The van der Waals surface area contributed by atoms with E-state index in [1.54, 1.807) is 24.3 Å². The quantitative estimate of drug-likeness (QED) is 0.734. The minimum atomic E-state index is -3.76. The van der Waals surface area contributed by atoms with Crippen LogP contribution in [0.4, 0.5) is 5.69 Å². The van der Waals surface area contributed by atoms with Gasteiger partial charge in [0.2, 0.25) is 21.8 Å². The first-order valence-corrected chi connectivity index (χ1v) is 8.72. The first-order chi connectivity index (χ1) is 11.8. The molecule has 2 aromatic carbocycles. The zero-order valence-electron chi connectivity index (χ0n) is 13.1. The third-order valence-corrected chi connectivity index (χ3v) is 4.23. The molecule has 0 unspecified atom stereocenters. The Balaban J connectivity index is 1.89. The van der Waals surface area contributed by atoms with Gasteiger partial charge in [0.1, 0.15) is 0 Å². The van der Waals surface area contributed by atoms with Gasteiger partial charge in [-0.15, -0.1) is 0 Å². The fourth-order valence-corrected chi connectivity index (χ4v) is 2.70. The van der Waals surface area contributed by atoms with E-state index < -0.39 is 10.0 Å². The molecular formula is C16H14N4O4S. The van der Waals surface area contributed by atoms with Crippen LogP contribution in [0.5, 0.6) is 0 Å². The van der Waals surface area contributed by atoms with Gasteiger partial charge in [0.05, 0.1) is 4.90 Å². The maximum absolute atomic E-state index is 11.3. The molecule has 0 atom stereocenters. The number of benzene rings is 2. The van der Waals surface area contributed by atoms with E-state index in [0.717, 1.165) is 0 Å². The Bertz CT molecular complexity index is 1030. The molecule has 0 saturated heterocycles. The highest BCUT2D eigenvalue weighted by atomic mass is 32.2. The lowest BCUT2D eigenvalue weighted by Crippen LogP contribution is -2.11. The van der Waals surface area contributed by atoms with Crippen LogP contribution in [0, 0.1) is 0 Å². The lowest BCUT2D eigenvalue weighted by molar-refractivity contribution is -0.114. The Morgan fingerprint density at radius 1 is 1.12 bits per heavy atom. The van der Waals surface area contributed by atoms with Crippen molar-refractivity contribution in [3.63, 3.8) is 0 Å². The Labute approximate surface area is 143 Å². The average molecular weight is 358 g/mol. The molecule has 0 saturated carbocycles. The molecular weight excluding hydrogens is 344 g/mol. The molecule has 8 nitrogen and oxygen atoms in total. The number of primary sulfonamides is 1. The van der Waals surface area contributed by atoms with E-state index in [1.807, 2.05) is 0 Å².